The van der Waals surface area contributed by atoms with E-state index in [1.807, 2.05) is 6.92 Å². The second kappa shape index (κ2) is 9.74. The van der Waals surface area contributed by atoms with Gasteiger partial charge in [0.2, 0.25) is 0 Å². The van der Waals surface area contributed by atoms with Crippen molar-refractivity contribution < 1.29 is 23.8 Å². The number of nitrogens with zero attached hydrogens (tertiary/aromatic N) is 1. The van der Waals surface area contributed by atoms with Crippen LogP contribution in [0.15, 0.2) is 48.5 Å². The molecule has 3 rings (SSSR count). The van der Waals surface area contributed by atoms with E-state index in [1.54, 1.807) is 58.7 Å². The molecule has 0 saturated carbocycles. The minimum Gasteiger partial charge on any atom is -0.457 e. The van der Waals surface area contributed by atoms with Crippen LogP contribution in [0.2, 0.25) is 5.02 Å². The van der Waals surface area contributed by atoms with Crippen LogP contribution < -0.4 is 15.5 Å². The van der Waals surface area contributed by atoms with Gasteiger partial charge in [-0.15, -0.1) is 0 Å². The number of halogens is 1. The zero-order valence-corrected chi connectivity index (χ0v) is 17.7. The Kier molecular flexibility index (Phi) is 7.33. The summed E-state index contributed by atoms with van der Waals surface area (Å²) in [6.07, 6.45) is 2.49. The van der Waals surface area contributed by atoms with E-state index >= 15 is 0 Å². The molecule has 0 aliphatic carbocycles. The molecule has 1 heterocycles. The van der Waals surface area contributed by atoms with E-state index in [1.165, 1.54) is 0 Å². The molecule has 1 saturated heterocycles. The molecule has 2 atom stereocenters. The molecule has 2 aromatic rings. The van der Waals surface area contributed by atoms with Crippen LogP contribution in [0.3, 0.4) is 0 Å². The number of nitrogens with one attached hydrogen (secondary N) is 1. The van der Waals surface area contributed by atoms with Crippen LogP contribution in [-0.2, 0) is 13.9 Å². The van der Waals surface area contributed by atoms with Gasteiger partial charge >= 0.3 is 7.52 Å². The number of amides is 1. The monoisotopic (exact) mass is 438 g/mol. The van der Waals surface area contributed by atoms with Crippen molar-refractivity contribution in [2.45, 2.75) is 32.2 Å². The van der Waals surface area contributed by atoms with E-state index in [9.17, 15) is 9.36 Å². The van der Waals surface area contributed by atoms with Gasteiger partial charge in [-0.1, -0.05) is 11.6 Å². The number of carbonyl (C=O) groups is 1. The van der Waals surface area contributed by atoms with Crippen molar-refractivity contribution >= 4 is 30.3 Å². The molecule has 29 heavy (non-hydrogen) atoms. The number of hydroxylamine groups is 1. The quantitative estimate of drug-likeness (QED) is 0.410. The van der Waals surface area contributed by atoms with Crippen molar-refractivity contribution in [2.75, 3.05) is 13.2 Å². The smallest absolute Gasteiger partial charge is 0.303 e. The number of ether oxygens (including phenoxy) is 1. The van der Waals surface area contributed by atoms with Gasteiger partial charge in [0.15, 0.2) is 0 Å². The first-order valence-corrected chi connectivity index (χ1v) is 11.4. The number of hydrogen-bond acceptors (Lipinski definition) is 5. The van der Waals surface area contributed by atoms with Crippen LogP contribution in [-0.4, -0.2) is 35.0 Å². The van der Waals surface area contributed by atoms with Crippen molar-refractivity contribution in [3.05, 3.63) is 53.6 Å². The third-order valence-corrected chi connectivity index (χ3v) is 7.72. The molecule has 9 heteroatoms. The molecule has 2 unspecified atom stereocenters. The Labute approximate surface area is 175 Å². The number of carbonyl (C=O) groups excluding carboxylic acids is 1. The second-order valence-electron chi connectivity index (χ2n) is 6.88. The second-order valence-corrected chi connectivity index (χ2v) is 9.65. The highest BCUT2D eigenvalue weighted by molar-refractivity contribution is 7.64. The predicted octanol–water partition coefficient (Wildman–Crippen LogP) is 4.35. The molecule has 0 aromatic heterocycles. The van der Waals surface area contributed by atoms with Crippen LogP contribution >= 0.6 is 19.1 Å². The summed E-state index contributed by atoms with van der Waals surface area (Å²) >= 11 is 5.88. The maximum Gasteiger partial charge on any atom is 0.303 e. The van der Waals surface area contributed by atoms with Crippen LogP contribution in [0.5, 0.6) is 11.5 Å². The van der Waals surface area contributed by atoms with Crippen molar-refractivity contribution in [2.24, 2.45) is 0 Å². The van der Waals surface area contributed by atoms with Crippen molar-refractivity contribution in [3.63, 3.8) is 0 Å². The van der Waals surface area contributed by atoms with Gasteiger partial charge in [0.25, 0.3) is 5.91 Å². The Morgan fingerprint density at radius 2 is 1.83 bits per heavy atom. The maximum atomic E-state index is 13.9. The van der Waals surface area contributed by atoms with E-state index in [0.717, 1.165) is 19.3 Å². The molecule has 1 aliphatic heterocycles. The molecule has 2 aromatic carbocycles. The van der Waals surface area contributed by atoms with E-state index in [4.69, 9.17) is 26.1 Å². The highest BCUT2D eigenvalue weighted by atomic mass is 35.5. The average Bonchev–Trinajstić information content (AvgIpc) is 2.72. The van der Waals surface area contributed by atoms with Crippen molar-refractivity contribution in [1.29, 1.82) is 0 Å². The van der Waals surface area contributed by atoms with Gasteiger partial charge in [-0.2, -0.15) is 0 Å². The largest absolute Gasteiger partial charge is 0.457 e. The summed E-state index contributed by atoms with van der Waals surface area (Å²) in [5.74, 6) is 0.567. The van der Waals surface area contributed by atoms with Gasteiger partial charge in [0.05, 0.1) is 18.5 Å². The molecule has 1 aliphatic rings. The van der Waals surface area contributed by atoms with Crippen LogP contribution in [0.4, 0.5) is 0 Å². The molecule has 156 valence electrons. The number of hydrogen-bond donors (Lipinski definition) is 2. The molecule has 1 amide bonds. The van der Waals surface area contributed by atoms with E-state index in [2.05, 4.69) is 0 Å². The summed E-state index contributed by atoms with van der Waals surface area (Å²) < 4.78 is 27.0. The normalized spacial score (nSPS) is 23.1. The lowest BCUT2D eigenvalue weighted by Crippen LogP contribution is -2.42. The first-order valence-electron chi connectivity index (χ1n) is 9.41. The minimum absolute atomic E-state index is 0.150. The Morgan fingerprint density at radius 1 is 1.21 bits per heavy atom. The summed E-state index contributed by atoms with van der Waals surface area (Å²) in [7, 11) is -3.49. The van der Waals surface area contributed by atoms with Gasteiger partial charge in [-0.3, -0.25) is 14.6 Å². The highest BCUT2D eigenvalue weighted by Gasteiger charge is 2.39. The molecule has 7 nitrogen and oxygen atoms in total. The molecule has 0 radical (unpaired) electrons. The first-order chi connectivity index (χ1) is 13.9. The zero-order chi connectivity index (χ0) is 20.9. The Hall–Kier alpha value is -1.89. The number of rotatable bonds is 5. The van der Waals surface area contributed by atoms with E-state index in [0.29, 0.717) is 28.4 Å². The summed E-state index contributed by atoms with van der Waals surface area (Å²) in [6, 6.07) is 13.6. The first kappa shape index (κ1) is 21.8. The zero-order valence-electron chi connectivity index (χ0n) is 16.1. The molecule has 0 bridgehead atoms. The van der Waals surface area contributed by atoms with Crippen LogP contribution in [0.25, 0.3) is 0 Å². The Morgan fingerprint density at radius 3 is 2.45 bits per heavy atom. The fraction of sp³-hybridized carbons (Fsp3) is 0.350. The third kappa shape index (κ3) is 5.38. The van der Waals surface area contributed by atoms with Gasteiger partial charge in [-0.25, -0.2) is 10.2 Å². The van der Waals surface area contributed by atoms with E-state index in [-0.39, 0.29) is 12.6 Å². The van der Waals surface area contributed by atoms with Gasteiger partial charge < -0.3 is 9.26 Å². The molecule has 0 spiro atoms. The van der Waals surface area contributed by atoms with Crippen molar-refractivity contribution in [1.82, 2.24) is 10.2 Å². The average molecular weight is 439 g/mol. The van der Waals surface area contributed by atoms with Crippen molar-refractivity contribution in [3.8, 4) is 11.5 Å². The van der Waals surface area contributed by atoms with Gasteiger partial charge in [0.1, 0.15) is 11.5 Å². The van der Waals surface area contributed by atoms with Gasteiger partial charge in [-0.05, 0) is 74.7 Å². The molecule has 2 N–H and O–H groups in total. The molecule has 1 fully saturated rings. The lowest BCUT2D eigenvalue weighted by Gasteiger charge is -2.36. The Bertz CT molecular complexity index is 875. The highest BCUT2D eigenvalue weighted by Crippen LogP contribution is 2.52. The SMILES string of the molecule is CC1CCCCOP(=O)(c2ccc(Oc3ccc(Cl)cc3)cc2)N1CC(=O)NO. The minimum atomic E-state index is -3.49. The van der Waals surface area contributed by atoms with Gasteiger partial charge in [0, 0.05) is 11.1 Å². The molecular formula is C20H24ClN2O5P. The van der Waals surface area contributed by atoms with Crippen LogP contribution in [0, 0.1) is 0 Å². The summed E-state index contributed by atoms with van der Waals surface area (Å²) in [4.78, 5) is 11.8. The van der Waals surface area contributed by atoms with E-state index < -0.39 is 13.4 Å². The standard InChI is InChI=1S/C20H24ClN2O5P/c1-15-4-2-3-13-27-29(26,23(15)14-20(24)22-25)19-11-9-18(10-12-19)28-17-7-5-16(21)6-8-17/h5-12,15,25H,2-4,13-14H2,1H3,(H,22,24). The predicted molar refractivity (Wildman–Crippen MR) is 111 cm³/mol. The fourth-order valence-electron chi connectivity index (χ4n) is 3.21. The Balaban J connectivity index is 1.86. The third-order valence-electron chi connectivity index (χ3n) is 4.77. The fourth-order valence-corrected chi connectivity index (χ4v) is 5.78. The van der Waals surface area contributed by atoms with Crippen LogP contribution in [0.1, 0.15) is 26.2 Å². The lowest BCUT2D eigenvalue weighted by molar-refractivity contribution is -0.129. The topological polar surface area (TPSA) is 88.1 Å². The molecular weight excluding hydrogens is 415 g/mol. The number of benzene rings is 2. The summed E-state index contributed by atoms with van der Waals surface area (Å²) in [6.45, 7) is 2.02. The lowest BCUT2D eigenvalue weighted by atomic mass is 10.1. The summed E-state index contributed by atoms with van der Waals surface area (Å²) in [5.41, 5.74) is 1.61. The summed E-state index contributed by atoms with van der Waals surface area (Å²) in [5, 5.41) is 10.0. The maximum absolute atomic E-state index is 13.9.